The Balaban J connectivity index is 1.29. The summed E-state index contributed by atoms with van der Waals surface area (Å²) in [6.07, 6.45) is 4.74. The van der Waals surface area contributed by atoms with Crippen molar-refractivity contribution in [3.63, 3.8) is 0 Å². The van der Waals surface area contributed by atoms with Gasteiger partial charge in [0.05, 0.1) is 11.4 Å². The van der Waals surface area contributed by atoms with E-state index in [9.17, 15) is 0 Å². The molecule has 7 aromatic rings. The third-order valence-corrected chi connectivity index (χ3v) is 19.1. The molecule has 0 unspecified atom stereocenters. The van der Waals surface area contributed by atoms with Gasteiger partial charge in [-0.05, 0) is 186 Å². The molecule has 1 aromatic heterocycles. The lowest BCUT2D eigenvalue weighted by Gasteiger charge is -2.47. The van der Waals surface area contributed by atoms with E-state index in [1.165, 1.54) is 141 Å². The highest BCUT2D eigenvalue weighted by molar-refractivity contribution is 7.33. The minimum atomic E-state index is -0.0277. The Morgan fingerprint density at radius 3 is 1.46 bits per heavy atom. The van der Waals surface area contributed by atoms with Crippen molar-refractivity contribution >= 4 is 78.0 Å². The molecule has 2 aliphatic heterocycles. The van der Waals surface area contributed by atoms with E-state index in [0.717, 1.165) is 0 Å². The van der Waals surface area contributed by atoms with Crippen LogP contribution in [-0.4, -0.2) is 6.71 Å². The minimum Gasteiger partial charge on any atom is -0.311 e. The second-order valence-corrected chi connectivity index (χ2v) is 29.2. The standard InChI is InChI=1S/C67H79BN2S/c1-40-33-55-58-56(34-40)70(53-28-25-44(63(8,9)10)35-46(53)41-19-21-42(22-20-41)61(2,3)4)59-47-36-48-51(67(17,18)32-29-64(48,11)12)39-57(47)71-60(59)68(58)52-37-49-50(66(15,16)31-30-65(49,13)14)38-54(52)69(55)45-26-23-43(24-27-45)62(5,6)7/h19-28,33-39H,29-32H2,1-18H3. The predicted octanol–water partition coefficient (Wildman–Crippen LogP) is 17.5. The topological polar surface area (TPSA) is 6.48 Å². The SMILES string of the molecule is Cc1cc2c3c(c1)N(c1ccc(C(C)(C)C)cc1-c1ccc(C(C)(C)C)cc1)c1c(sc4cc5c(cc14)C(C)(C)CCC5(C)C)B3c1cc3c(cc1N2c1ccc(C(C)(C)C)cc1)C(C)(C)CCC3(C)C. The molecule has 2 aliphatic carbocycles. The van der Waals surface area contributed by atoms with Gasteiger partial charge in [-0.15, -0.1) is 11.3 Å². The first-order chi connectivity index (χ1) is 33.0. The van der Waals surface area contributed by atoms with Crippen molar-refractivity contribution in [3.8, 4) is 11.1 Å². The molecule has 0 atom stereocenters. The molecule has 11 rings (SSSR count). The monoisotopic (exact) mass is 955 g/mol. The first kappa shape index (κ1) is 48.2. The highest BCUT2D eigenvalue weighted by atomic mass is 32.1. The van der Waals surface area contributed by atoms with Gasteiger partial charge in [-0.2, -0.15) is 0 Å². The molecular weight excluding hydrogens is 876 g/mol. The predicted molar refractivity (Wildman–Crippen MR) is 313 cm³/mol. The molecule has 71 heavy (non-hydrogen) atoms. The van der Waals surface area contributed by atoms with Gasteiger partial charge in [0, 0.05) is 43.2 Å². The molecule has 0 fully saturated rings. The Bertz CT molecular complexity index is 3320. The number of rotatable bonds is 3. The highest BCUT2D eigenvalue weighted by Gasteiger charge is 2.49. The summed E-state index contributed by atoms with van der Waals surface area (Å²) < 4.78 is 2.86. The third kappa shape index (κ3) is 7.60. The lowest BCUT2D eigenvalue weighted by Crippen LogP contribution is -2.61. The molecule has 0 bridgehead atoms. The van der Waals surface area contributed by atoms with E-state index in [4.69, 9.17) is 0 Å². The smallest absolute Gasteiger partial charge is 0.264 e. The number of aryl methyl sites for hydroxylation is 1. The number of anilines is 6. The first-order valence-corrected chi connectivity index (χ1v) is 27.7. The van der Waals surface area contributed by atoms with Crippen molar-refractivity contribution in [2.75, 3.05) is 9.80 Å². The van der Waals surface area contributed by atoms with Crippen molar-refractivity contribution in [1.82, 2.24) is 0 Å². The maximum atomic E-state index is 2.75. The van der Waals surface area contributed by atoms with Crippen LogP contribution in [0.15, 0.2) is 103 Å². The summed E-state index contributed by atoms with van der Waals surface area (Å²) in [5.74, 6) is 0. The lowest BCUT2D eigenvalue weighted by molar-refractivity contribution is 0.332. The maximum Gasteiger partial charge on any atom is 0.264 e. The normalized spacial score (nSPS) is 18.4. The van der Waals surface area contributed by atoms with E-state index in [1.807, 2.05) is 0 Å². The molecule has 4 aliphatic rings. The number of hydrogen-bond donors (Lipinski definition) is 0. The van der Waals surface area contributed by atoms with E-state index in [0.29, 0.717) is 0 Å². The summed E-state index contributed by atoms with van der Waals surface area (Å²) in [5, 5.41) is 1.39. The quantitative estimate of drug-likeness (QED) is 0.163. The molecule has 0 saturated heterocycles. The average Bonchev–Trinajstić information content (AvgIpc) is 3.66. The van der Waals surface area contributed by atoms with Gasteiger partial charge in [-0.25, -0.2) is 0 Å². The fourth-order valence-electron chi connectivity index (χ4n) is 13.0. The number of nitrogens with zero attached hydrogens (tertiary/aromatic N) is 2. The zero-order valence-corrected chi connectivity index (χ0v) is 47.3. The first-order valence-electron chi connectivity index (χ1n) is 26.9. The minimum absolute atomic E-state index is 0.0277. The largest absolute Gasteiger partial charge is 0.311 e. The van der Waals surface area contributed by atoms with E-state index >= 15 is 0 Å². The van der Waals surface area contributed by atoms with Gasteiger partial charge in [0.2, 0.25) is 0 Å². The van der Waals surface area contributed by atoms with Crippen molar-refractivity contribution in [2.24, 2.45) is 0 Å². The Morgan fingerprint density at radius 1 is 0.465 bits per heavy atom. The molecular formula is C67H79BN2S. The van der Waals surface area contributed by atoms with Crippen molar-refractivity contribution < 1.29 is 0 Å². The summed E-state index contributed by atoms with van der Waals surface area (Å²) in [5.41, 5.74) is 24.9. The molecule has 0 N–H and O–H groups in total. The summed E-state index contributed by atoms with van der Waals surface area (Å²) in [4.78, 5) is 5.41. The molecule has 0 radical (unpaired) electrons. The molecule has 366 valence electrons. The zero-order valence-electron chi connectivity index (χ0n) is 46.5. The Morgan fingerprint density at radius 2 is 0.930 bits per heavy atom. The zero-order chi connectivity index (χ0) is 50.9. The number of hydrogen-bond acceptors (Lipinski definition) is 3. The van der Waals surface area contributed by atoms with Crippen LogP contribution in [0.3, 0.4) is 0 Å². The average molecular weight is 955 g/mol. The van der Waals surface area contributed by atoms with E-state index in [-0.39, 0.29) is 44.6 Å². The van der Waals surface area contributed by atoms with Crippen LogP contribution in [0.1, 0.15) is 188 Å². The van der Waals surface area contributed by atoms with Crippen LogP contribution in [0.4, 0.5) is 34.1 Å². The summed E-state index contributed by atoms with van der Waals surface area (Å²) >= 11 is 2.07. The van der Waals surface area contributed by atoms with Crippen LogP contribution in [0, 0.1) is 6.92 Å². The molecule has 6 aromatic carbocycles. The van der Waals surface area contributed by atoms with Gasteiger partial charge >= 0.3 is 0 Å². The Kier molecular flexibility index (Phi) is 10.5. The Labute approximate surface area is 432 Å². The second kappa shape index (κ2) is 15.5. The van der Waals surface area contributed by atoms with Crippen LogP contribution in [0.25, 0.3) is 21.2 Å². The van der Waals surface area contributed by atoms with E-state index in [1.54, 1.807) is 0 Å². The lowest BCUT2D eigenvalue weighted by atomic mass is 9.35. The fraction of sp³-hybridized carbons (Fsp3) is 0.433. The van der Waals surface area contributed by atoms with Crippen LogP contribution in [-0.2, 0) is 37.9 Å². The van der Waals surface area contributed by atoms with Gasteiger partial charge < -0.3 is 9.80 Å². The van der Waals surface area contributed by atoms with E-state index in [2.05, 4.69) is 249 Å². The maximum absolute atomic E-state index is 2.75. The van der Waals surface area contributed by atoms with Crippen LogP contribution < -0.4 is 25.5 Å². The molecule has 0 amide bonds. The molecule has 0 saturated carbocycles. The summed E-state index contributed by atoms with van der Waals surface area (Å²) in [7, 11) is 0. The summed E-state index contributed by atoms with van der Waals surface area (Å²) in [6, 6.07) is 42.2. The van der Waals surface area contributed by atoms with Crippen LogP contribution >= 0.6 is 11.3 Å². The Hall–Kier alpha value is -5.06. The number of benzene rings is 6. The molecule has 3 heterocycles. The van der Waals surface area contributed by atoms with Crippen LogP contribution in [0.2, 0.25) is 0 Å². The molecule has 2 nitrogen and oxygen atoms in total. The van der Waals surface area contributed by atoms with Crippen LogP contribution in [0.5, 0.6) is 0 Å². The van der Waals surface area contributed by atoms with Crippen molar-refractivity contribution in [3.05, 3.63) is 148 Å². The fourth-order valence-corrected chi connectivity index (χ4v) is 14.3. The van der Waals surface area contributed by atoms with Gasteiger partial charge in [0.25, 0.3) is 6.71 Å². The number of thiophene rings is 1. The van der Waals surface area contributed by atoms with Gasteiger partial charge in [0.1, 0.15) is 0 Å². The van der Waals surface area contributed by atoms with Gasteiger partial charge in [-0.1, -0.05) is 166 Å². The second-order valence-electron chi connectivity index (χ2n) is 28.1. The van der Waals surface area contributed by atoms with E-state index < -0.39 is 0 Å². The van der Waals surface area contributed by atoms with Gasteiger partial charge in [-0.3, -0.25) is 0 Å². The summed E-state index contributed by atoms with van der Waals surface area (Å²) in [6.45, 7) is 43.3. The highest BCUT2D eigenvalue weighted by Crippen LogP contribution is 2.55. The molecule has 0 spiro atoms. The van der Waals surface area contributed by atoms with Gasteiger partial charge in [0.15, 0.2) is 0 Å². The third-order valence-electron chi connectivity index (χ3n) is 17.9. The molecule has 4 heteroatoms. The van der Waals surface area contributed by atoms with Crippen molar-refractivity contribution in [1.29, 1.82) is 0 Å². The van der Waals surface area contributed by atoms with Crippen molar-refractivity contribution in [2.45, 2.75) is 188 Å². The number of fused-ring (bicyclic) bond motifs is 8.